The highest BCUT2D eigenvalue weighted by Gasteiger charge is 2.42. The SMILES string of the molecule is CCc1ccc(OC2O[C@H](COC(C)=O)[C@@H](OC(C)=O)C(O)=C2O)cc1. The molecule has 0 bridgehead atoms. The minimum atomic E-state index is -1.34. The lowest BCUT2D eigenvalue weighted by Crippen LogP contribution is -2.47. The molecule has 1 aliphatic heterocycles. The number of aliphatic hydroxyl groups is 2. The second-order valence-electron chi connectivity index (χ2n) is 5.72. The molecule has 3 atom stereocenters. The summed E-state index contributed by atoms with van der Waals surface area (Å²) in [5.41, 5.74) is 1.10. The normalized spacial score (nSPS) is 22.7. The molecule has 0 saturated carbocycles. The molecule has 8 heteroatoms. The molecule has 0 radical (unpaired) electrons. The second kappa shape index (κ2) is 8.57. The number of benzene rings is 1. The lowest BCUT2D eigenvalue weighted by Gasteiger charge is -2.34. The van der Waals surface area contributed by atoms with E-state index < -0.39 is 42.0 Å². The highest BCUT2D eigenvalue weighted by Crippen LogP contribution is 2.28. The Morgan fingerprint density at radius 1 is 1.08 bits per heavy atom. The Hall–Kier alpha value is -2.74. The van der Waals surface area contributed by atoms with Crippen molar-refractivity contribution < 1.29 is 38.7 Å². The zero-order valence-corrected chi connectivity index (χ0v) is 14.8. The number of hydrogen-bond acceptors (Lipinski definition) is 8. The van der Waals surface area contributed by atoms with E-state index in [9.17, 15) is 19.8 Å². The van der Waals surface area contributed by atoms with Gasteiger partial charge in [-0.25, -0.2) is 0 Å². The van der Waals surface area contributed by atoms with Crippen LogP contribution in [-0.4, -0.2) is 47.3 Å². The van der Waals surface area contributed by atoms with E-state index in [1.165, 1.54) is 6.92 Å². The zero-order chi connectivity index (χ0) is 19.3. The van der Waals surface area contributed by atoms with E-state index in [1.54, 1.807) is 12.1 Å². The average Bonchev–Trinajstić information content (AvgIpc) is 2.60. The molecule has 0 aliphatic carbocycles. The fourth-order valence-corrected chi connectivity index (χ4v) is 2.38. The minimum absolute atomic E-state index is 0.292. The molecule has 1 aromatic rings. The summed E-state index contributed by atoms with van der Waals surface area (Å²) >= 11 is 0. The lowest BCUT2D eigenvalue weighted by atomic mass is 10.1. The summed E-state index contributed by atoms with van der Waals surface area (Å²) < 4.78 is 21.0. The third kappa shape index (κ3) is 4.89. The number of rotatable bonds is 6. The fraction of sp³-hybridized carbons (Fsp3) is 0.444. The Balaban J connectivity index is 2.21. The van der Waals surface area contributed by atoms with Crippen LogP contribution in [0.4, 0.5) is 0 Å². The van der Waals surface area contributed by atoms with Gasteiger partial charge in [-0.3, -0.25) is 9.59 Å². The number of esters is 2. The van der Waals surface area contributed by atoms with Gasteiger partial charge in [0.25, 0.3) is 6.29 Å². The first-order valence-electron chi connectivity index (χ1n) is 8.15. The van der Waals surface area contributed by atoms with Gasteiger partial charge < -0.3 is 29.2 Å². The van der Waals surface area contributed by atoms with Crippen molar-refractivity contribution in [2.75, 3.05) is 6.61 Å². The quantitative estimate of drug-likeness (QED) is 0.737. The first-order valence-corrected chi connectivity index (χ1v) is 8.15. The van der Waals surface area contributed by atoms with Gasteiger partial charge in [0.15, 0.2) is 11.9 Å². The maximum Gasteiger partial charge on any atom is 0.303 e. The van der Waals surface area contributed by atoms with Crippen LogP contribution in [0, 0.1) is 0 Å². The summed E-state index contributed by atoms with van der Waals surface area (Å²) in [4.78, 5) is 22.3. The molecule has 2 rings (SSSR count). The predicted molar refractivity (Wildman–Crippen MR) is 89.6 cm³/mol. The Morgan fingerprint density at radius 3 is 2.27 bits per heavy atom. The molecule has 0 spiro atoms. The summed E-state index contributed by atoms with van der Waals surface area (Å²) in [6.45, 7) is 4.08. The summed E-state index contributed by atoms with van der Waals surface area (Å²) in [7, 11) is 0. The molecule has 1 heterocycles. The van der Waals surface area contributed by atoms with Crippen molar-refractivity contribution in [1.29, 1.82) is 0 Å². The van der Waals surface area contributed by atoms with Gasteiger partial charge in [0.1, 0.15) is 18.5 Å². The van der Waals surface area contributed by atoms with Gasteiger partial charge in [0.05, 0.1) is 0 Å². The molecule has 8 nitrogen and oxygen atoms in total. The number of hydrogen-bond donors (Lipinski definition) is 2. The van der Waals surface area contributed by atoms with E-state index in [0.29, 0.717) is 5.75 Å². The van der Waals surface area contributed by atoms with Crippen LogP contribution in [0.1, 0.15) is 26.3 Å². The van der Waals surface area contributed by atoms with Gasteiger partial charge in [-0.1, -0.05) is 19.1 Å². The Kier molecular flexibility index (Phi) is 6.46. The van der Waals surface area contributed by atoms with Gasteiger partial charge in [-0.2, -0.15) is 0 Å². The number of ether oxygens (including phenoxy) is 4. The van der Waals surface area contributed by atoms with E-state index in [1.807, 2.05) is 19.1 Å². The van der Waals surface area contributed by atoms with Crippen molar-refractivity contribution >= 4 is 11.9 Å². The molecule has 142 valence electrons. The maximum absolute atomic E-state index is 11.2. The van der Waals surface area contributed by atoms with E-state index >= 15 is 0 Å². The maximum atomic E-state index is 11.2. The molecule has 1 aliphatic rings. The van der Waals surface area contributed by atoms with Crippen LogP contribution in [0.25, 0.3) is 0 Å². The molecule has 0 aromatic heterocycles. The molecular weight excluding hydrogens is 344 g/mol. The van der Waals surface area contributed by atoms with Crippen LogP contribution < -0.4 is 4.74 Å². The van der Waals surface area contributed by atoms with Crippen molar-refractivity contribution in [3.63, 3.8) is 0 Å². The largest absolute Gasteiger partial charge is 0.505 e. The topological polar surface area (TPSA) is 112 Å². The minimum Gasteiger partial charge on any atom is -0.505 e. The molecule has 0 fully saturated rings. The molecule has 26 heavy (non-hydrogen) atoms. The van der Waals surface area contributed by atoms with Crippen LogP contribution in [-0.2, 0) is 30.2 Å². The molecule has 1 unspecified atom stereocenters. The number of carbonyl (C=O) groups excluding carboxylic acids is 2. The number of aryl methyl sites for hydroxylation is 1. The molecular formula is C18H22O8. The van der Waals surface area contributed by atoms with Crippen molar-refractivity contribution in [3.8, 4) is 5.75 Å². The third-order valence-corrected chi connectivity index (χ3v) is 3.71. The molecule has 0 saturated heterocycles. The lowest BCUT2D eigenvalue weighted by molar-refractivity contribution is -0.198. The standard InChI is InChI=1S/C18H22O8/c1-4-12-5-7-13(8-6-12)25-18-16(22)15(21)17(24-11(3)20)14(26-18)9-23-10(2)19/h5-8,14,17-18,21-22H,4,9H2,1-3H3/t14-,17-,18?/m1/s1. The van der Waals surface area contributed by atoms with Gasteiger partial charge in [-0.15, -0.1) is 0 Å². The smallest absolute Gasteiger partial charge is 0.303 e. The van der Waals surface area contributed by atoms with E-state index in [2.05, 4.69) is 0 Å². The molecule has 1 aromatic carbocycles. The first-order chi connectivity index (χ1) is 12.3. The fourth-order valence-electron chi connectivity index (χ4n) is 2.38. The van der Waals surface area contributed by atoms with Crippen molar-refractivity contribution in [3.05, 3.63) is 41.3 Å². The van der Waals surface area contributed by atoms with Crippen LogP contribution in [0.15, 0.2) is 35.8 Å². The first kappa shape index (κ1) is 19.6. The Morgan fingerprint density at radius 2 is 1.73 bits per heavy atom. The number of carbonyl (C=O) groups is 2. The number of aliphatic hydroxyl groups excluding tert-OH is 2. The van der Waals surface area contributed by atoms with Crippen molar-refractivity contribution in [2.24, 2.45) is 0 Å². The van der Waals surface area contributed by atoms with Gasteiger partial charge in [0, 0.05) is 13.8 Å². The monoisotopic (exact) mass is 366 g/mol. The van der Waals surface area contributed by atoms with Gasteiger partial charge in [-0.05, 0) is 24.1 Å². The summed E-state index contributed by atoms with van der Waals surface area (Å²) in [6.07, 6.45) is -2.83. The molecule has 2 N–H and O–H groups in total. The van der Waals surface area contributed by atoms with Crippen molar-refractivity contribution in [1.82, 2.24) is 0 Å². The highest BCUT2D eigenvalue weighted by molar-refractivity contribution is 5.67. The van der Waals surface area contributed by atoms with Crippen LogP contribution in [0.3, 0.4) is 0 Å². The highest BCUT2D eigenvalue weighted by atomic mass is 16.7. The average molecular weight is 366 g/mol. The van der Waals surface area contributed by atoms with Crippen LogP contribution >= 0.6 is 0 Å². The summed E-state index contributed by atoms with van der Waals surface area (Å²) in [6, 6.07) is 7.12. The van der Waals surface area contributed by atoms with E-state index in [4.69, 9.17) is 18.9 Å². The van der Waals surface area contributed by atoms with Crippen LogP contribution in [0.2, 0.25) is 0 Å². The summed E-state index contributed by atoms with van der Waals surface area (Å²) in [5.74, 6) is -2.08. The summed E-state index contributed by atoms with van der Waals surface area (Å²) in [5, 5.41) is 20.4. The van der Waals surface area contributed by atoms with Crippen LogP contribution in [0.5, 0.6) is 5.75 Å². The van der Waals surface area contributed by atoms with E-state index in [-0.39, 0.29) is 6.61 Å². The predicted octanol–water partition coefficient (Wildman–Crippen LogP) is 2.18. The Labute approximate surface area is 150 Å². The second-order valence-corrected chi connectivity index (χ2v) is 5.72. The van der Waals surface area contributed by atoms with E-state index in [0.717, 1.165) is 18.9 Å². The van der Waals surface area contributed by atoms with Crippen molar-refractivity contribution in [2.45, 2.75) is 45.7 Å². The molecule has 0 amide bonds. The Bertz CT molecular complexity index is 679. The zero-order valence-electron chi connectivity index (χ0n) is 14.8. The van der Waals surface area contributed by atoms with Gasteiger partial charge >= 0.3 is 11.9 Å². The van der Waals surface area contributed by atoms with Gasteiger partial charge in [0.2, 0.25) is 5.76 Å². The third-order valence-electron chi connectivity index (χ3n) is 3.71.